The number of carbonyl (C=O) groups is 1. The molecule has 0 aromatic carbocycles. The van der Waals surface area contributed by atoms with Gasteiger partial charge in [-0.15, -0.1) is 0 Å². The molecule has 14 heavy (non-hydrogen) atoms. The van der Waals surface area contributed by atoms with Crippen LogP contribution in [0.25, 0.3) is 0 Å². The van der Waals surface area contributed by atoms with E-state index in [2.05, 4.69) is 4.98 Å². The SMILES string of the molecule is NC(=O)CCS(=O)c1ccncc1N. The lowest BCUT2D eigenvalue weighted by molar-refractivity contribution is -0.117. The highest BCUT2D eigenvalue weighted by Crippen LogP contribution is 2.14. The molecule has 6 heteroatoms. The van der Waals surface area contributed by atoms with Gasteiger partial charge in [0, 0.05) is 18.4 Å². The van der Waals surface area contributed by atoms with E-state index in [-0.39, 0.29) is 12.2 Å². The highest BCUT2D eigenvalue weighted by molar-refractivity contribution is 7.85. The summed E-state index contributed by atoms with van der Waals surface area (Å²) in [5.74, 6) is -0.269. The maximum absolute atomic E-state index is 11.6. The molecule has 0 saturated carbocycles. The first-order valence-corrected chi connectivity index (χ1v) is 5.29. The average Bonchev–Trinajstić information content (AvgIpc) is 2.15. The molecule has 0 fully saturated rings. The number of amides is 1. The number of primary amides is 1. The van der Waals surface area contributed by atoms with E-state index in [1.807, 2.05) is 0 Å². The fraction of sp³-hybridized carbons (Fsp3) is 0.250. The van der Waals surface area contributed by atoms with Crippen LogP contribution in [0, 0.1) is 0 Å². The molecule has 0 bridgehead atoms. The number of anilines is 1. The third kappa shape index (κ3) is 2.81. The fourth-order valence-electron chi connectivity index (χ4n) is 0.904. The maximum atomic E-state index is 11.6. The Labute approximate surface area is 84.0 Å². The summed E-state index contributed by atoms with van der Waals surface area (Å²) in [6, 6.07) is 1.58. The molecule has 0 spiro atoms. The highest BCUT2D eigenvalue weighted by Gasteiger charge is 2.08. The van der Waals surface area contributed by atoms with Crippen LogP contribution in [0.5, 0.6) is 0 Å². The molecule has 1 rings (SSSR count). The standard InChI is InChI=1S/C8H11N3O2S/c9-6-5-11-3-1-7(6)14(13)4-2-8(10)12/h1,3,5H,2,4,9H2,(H2,10,12). The van der Waals surface area contributed by atoms with Gasteiger partial charge >= 0.3 is 0 Å². The quantitative estimate of drug-likeness (QED) is 0.713. The van der Waals surface area contributed by atoms with Crippen molar-refractivity contribution in [1.82, 2.24) is 4.98 Å². The van der Waals surface area contributed by atoms with E-state index < -0.39 is 16.7 Å². The molecular formula is C8H11N3O2S. The van der Waals surface area contributed by atoms with Gasteiger partial charge in [0.25, 0.3) is 0 Å². The second-order valence-electron chi connectivity index (χ2n) is 2.68. The van der Waals surface area contributed by atoms with Crippen molar-refractivity contribution < 1.29 is 9.00 Å². The number of aromatic nitrogens is 1. The van der Waals surface area contributed by atoms with Gasteiger partial charge < -0.3 is 11.5 Å². The number of hydrogen-bond donors (Lipinski definition) is 2. The van der Waals surface area contributed by atoms with E-state index in [1.54, 1.807) is 6.07 Å². The van der Waals surface area contributed by atoms with Crippen LogP contribution in [0.3, 0.4) is 0 Å². The van der Waals surface area contributed by atoms with Crippen molar-refractivity contribution in [2.75, 3.05) is 11.5 Å². The number of nitrogens with zero attached hydrogens (tertiary/aromatic N) is 1. The molecule has 1 aromatic rings. The predicted molar refractivity (Wildman–Crippen MR) is 53.7 cm³/mol. The first kappa shape index (κ1) is 10.6. The minimum absolute atomic E-state index is 0.0916. The number of hydrogen-bond acceptors (Lipinski definition) is 4. The van der Waals surface area contributed by atoms with Gasteiger partial charge in [0.05, 0.1) is 27.6 Å². The zero-order valence-electron chi connectivity index (χ0n) is 7.47. The van der Waals surface area contributed by atoms with Crippen molar-refractivity contribution in [1.29, 1.82) is 0 Å². The summed E-state index contributed by atoms with van der Waals surface area (Å²) in [6.45, 7) is 0. The molecule has 1 unspecified atom stereocenters. The third-order valence-corrected chi connectivity index (χ3v) is 3.03. The summed E-state index contributed by atoms with van der Waals surface area (Å²) >= 11 is 0. The zero-order valence-corrected chi connectivity index (χ0v) is 8.29. The Kier molecular flexibility index (Phi) is 3.58. The van der Waals surface area contributed by atoms with Gasteiger partial charge in [-0.3, -0.25) is 14.0 Å². The number of nitrogens with two attached hydrogens (primary N) is 2. The van der Waals surface area contributed by atoms with Gasteiger partial charge in [0.2, 0.25) is 5.91 Å². The van der Waals surface area contributed by atoms with Crippen LogP contribution >= 0.6 is 0 Å². The lowest BCUT2D eigenvalue weighted by Gasteiger charge is -2.03. The van der Waals surface area contributed by atoms with Crippen LogP contribution < -0.4 is 11.5 Å². The molecule has 0 radical (unpaired) electrons. The molecule has 0 aliphatic heterocycles. The molecule has 0 aliphatic rings. The van der Waals surface area contributed by atoms with Crippen LogP contribution in [0.4, 0.5) is 5.69 Å². The van der Waals surface area contributed by atoms with Crippen LogP contribution in [0.1, 0.15) is 6.42 Å². The van der Waals surface area contributed by atoms with E-state index in [9.17, 15) is 9.00 Å². The molecule has 1 amide bonds. The van der Waals surface area contributed by atoms with Gasteiger partial charge in [-0.2, -0.15) is 0 Å². The first-order valence-electron chi connectivity index (χ1n) is 3.97. The Morgan fingerprint density at radius 1 is 1.57 bits per heavy atom. The summed E-state index contributed by atoms with van der Waals surface area (Å²) in [6.07, 6.45) is 3.03. The van der Waals surface area contributed by atoms with Gasteiger partial charge in [-0.05, 0) is 6.07 Å². The van der Waals surface area contributed by atoms with Crippen molar-refractivity contribution in [2.45, 2.75) is 11.3 Å². The Balaban J connectivity index is 2.70. The molecule has 1 atom stereocenters. The van der Waals surface area contributed by atoms with Gasteiger partial charge in [0.15, 0.2) is 0 Å². The molecule has 0 aliphatic carbocycles. The lowest BCUT2D eigenvalue weighted by atomic mass is 10.4. The second-order valence-corrected chi connectivity index (χ2v) is 4.22. The van der Waals surface area contributed by atoms with Crippen molar-refractivity contribution >= 4 is 22.4 Å². The molecule has 5 nitrogen and oxygen atoms in total. The molecule has 0 saturated heterocycles. The summed E-state index contributed by atoms with van der Waals surface area (Å²) in [4.78, 5) is 14.7. The van der Waals surface area contributed by atoms with Crippen molar-refractivity contribution in [2.24, 2.45) is 5.73 Å². The average molecular weight is 213 g/mol. The van der Waals surface area contributed by atoms with Gasteiger partial charge in [-0.1, -0.05) is 0 Å². The van der Waals surface area contributed by atoms with Crippen LogP contribution in [-0.4, -0.2) is 20.9 Å². The van der Waals surface area contributed by atoms with E-state index in [0.717, 1.165) is 0 Å². The van der Waals surface area contributed by atoms with E-state index in [0.29, 0.717) is 10.6 Å². The molecule has 76 valence electrons. The van der Waals surface area contributed by atoms with Gasteiger partial charge in [0.1, 0.15) is 0 Å². The first-order chi connectivity index (χ1) is 6.61. The minimum atomic E-state index is -1.28. The number of pyridine rings is 1. The Bertz CT molecular complexity index is 367. The van der Waals surface area contributed by atoms with Crippen LogP contribution in [-0.2, 0) is 15.6 Å². The van der Waals surface area contributed by atoms with Crippen molar-refractivity contribution in [3.63, 3.8) is 0 Å². The Morgan fingerprint density at radius 2 is 2.29 bits per heavy atom. The maximum Gasteiger partial charge on any atom is 0.218 e. The minimum Gasteiger partial charge on any atom is -0.396 e. The summed E-state index contributed by atoms with van der Waals surface area (Å²) < 4.78 is 11.6. The topological polar surface area (TPSA) is 99.1 Å². The smallest absolute Gasteiger partial charge is 0.218 e. The zero-order chi connectivity index (χ0) is 10.6. The number of carbonyl (C=O) groups excluding carboxylic acids is 1. The van der Waals surface area contributed by atoms with E-state index in [4.69, 9.17) is 11.5 Å². The van der Waals surface area contributed by atoms with Crippen molar-refractivity contribution in [3.05, 3.63) is 18.5 Å². The number of rotatable bonds is 4. The van der Waals surface area contributed by atoms with Crippen LogP contribution in [0.15, 0.2) is 23.4 Å². The lowest BCUT2D eigenvalue weighted by Crippen LogP contribution is -2.14. The fourth-order valence-corrected chi connectivity index (χ4v) is 2.04. The Hall–Kier alpha value is -1.43. The normalized spacial score (nSPS) is 12.3. The van der Waals surface area contributed by atoms with Crippen molar-refractivity contribution in [3.8, 4) is 0 Å². The predicted octanol–water partition coefficient (Wildman–Crippen LogP) is -0.353. The molecule has 1 aromatic heterocycles. The third-order valence-electron chi connectivity index (χ3n) is 1.59. The summed E-state index contributed by atoms with van der Waals surface area (Å²) in [5, 5.41) is 0. The van der Waals surface area contributed by atoms with Crippen LogP contribution in [0.2, 0.25) is 0 Å². The molecule has 1 heterocycles. The van der Waals surface area contributed by atoms with Gasteiger partial charge in [-0.25, -0.2) is 0 Å². The monoisotopic (exact) mass is 213 g/mol. The summed E-state index contributed by atoms with van der Waals surface area (Å²) in [5.41, 5.74) is 10.9. The Morgan fingerprint density at radius 3 is 2.86 bits per heavy atom. The molecule has 4 N–H and O–H groups in total. The molecular weight excluding hydrogens is 202 g/mol. The summed E-state index contributed by atoms with van der Waals surface area (Å²) in [7, 11) is -1.28. The largest absolute Gasteiger partial charge is 0.396 e. The van der Waals surface area contributed by atoms with E-state index >= 15 is 0 Å². The second kappa shape index (κ2) is 4.71. The number of nitrogen functional groups attached to an aromatic ring is 1. The highest BCUT2D eigenvalue weighted by atomic mass is 32.2. The van der Waals surface area contributed by atoms with E-state index in [1.165, 1.54) is 12.4 Å².